The highest BCUT2D eigenvalue weighted by Gasteiger charge is 2.10. The zero-order valence-corrected chi connectivity index (χ0v) is 16.2. The van der Waals surface area contributed by atoms with Crippen LogP contribution in [0.15, 0.2) is 71.1 Å². The molecule has 1 aromatic heterocycles. The summed E-state index contributed by atoms with van der Waals surface area (Å²) >= 11 is 5.17. The van der Waals surface area contributed by atoms with E-state index in [1.165, 1.54) is 24.3 Å². The fourth-order valence-corrected chi connectivity index (χ4v) is 3.00. The van der Waals surface area contributed by atoms with Gasteiger partial charge >= 0.3 is 0 Å². The Morgan fingerprint density at radius 3 is 2.48 bits per heavy atom. The van der Waals surface area contributed by atoms with E-state index in [0.717, 1.165) is 22.2 Å². The van der Waals surface area contributed by atoms with Crippen LogP contribution < -0.4 is 10.6 Å². The Kier molecular flexibility index (Phi) is 5.05. The van der Waals surface area contributed by atoms with Gasteiger partial charge in [-0.3, -0.25) is 10.1 Å². The molecule has 1 amide bonds. The number of halogens is 1. The van der Waals surface area contributed by atoms with Crippen LogP contribution in [0.4, 0.5) is 10.1 Å². The van der Waals surface area contributed by atoms with E-state index in [2.05, 4.69) is 15.6 Å². The Hall–Kier alpha value is -3.58. The number of hydrogen-bond acceptors (Lipinski definition) is 4. The third kappa shape index (κ3) is 4.30. The van der Waals surface area contributed by atoms with Crippen molar-refractivity contribution in [1.82, 2.24) is 10.3 Å². The van der Waals surface area contributed by atoms with Crippen LogP contribution >= 0.6 is 12.2 Å². The monoisotopic (exact) mass is 405 g/mol. The highest BCUT2D eigenvalue weighted by Crippen LogP contribution is 2.26. The second-order valence-corrected chi connectivity index (χ2v) is 6.89. The molecule has 144 valence electrons. The number of carbonyl (C=O) groups is 1. The quantitative estimate of drug-likeness (QED) is 0.466. The van der Waals surface area contributed by atoms with E-state index in [4.69, 9.17) is 16.6 Å². The normalized spacial score (nSPS) is 10.7. The first kappa shape index (κ1) is 18.8. The van der Waals surface area contributed by atoms with Crippen LogP contribution in [-0.2, 0) is 0 Å². The van der Waals surface area contributed by atoms with Crippen LogP contribution in [0.5, 0.6) is 0 Å². The number of amides is 1. The van der Waals surface area contributed by atoms with Gasteiger partial charge in [0.05, 0.1) is 0 Å². The zero-order chi connectivity index (χ0) is 20.4. The molecule has 0 saturated heterocycles. The van der Waals surface area contributed by atoms with E-state index < -0.39 is 11.7 Å². The van der Waals surface area contributed by atoms with E-state index in [1.807, 2.05) is 49.4 Å². The summed E-state index contributed by atoms with van der Waals surface area (Å²) in [6.07, 6.45) is 0. The first-order valence-electron chi connectivity index (χ1n) is 8.83. The summed E-state index contributed by atoms with van der Waals surface area (Å²) in [6, 6.07) is 18.4. The van der Waals surface area contributed by atoms with Crippen LogP contribution in [0, 0.1) is 12.7 Å². The lowest BCUT2D eigenvalue weighted by atomic mass is 10.2. The molecular formula is C22H16FN3O2S. The van der Waals surface area contributed by atoms with Crippen LogP contribution in [0.3, 0.4) is 0 Å². The molecule has 5 nitrogen and oxygen atoms in total. The third-order valence-electron chi connectivity index (χ3n) is 4.27. The summed E-state index contributed by atoms with van der Waals surface area (Å²) in [6.45, 7) is 2.00. The summed E-state index contributed by atoms with van der Waals surface area (Å²) in [5.74, 6) is -0.290. The number of nitrogens with one attached hydrogen (secondary N) is 2. The molecule has 0 unspecified atom stereocenters. The SMILES string of the molecule is Cc1ccc2nc(-c3ccc(NC(=S)NC(=O)c4ccc(F)cc4)cc3)oc2c1. The number of aryl methyl sites for hydroxylation is 1. The Morgan fingerprint density at radius 1 is 1.03 bits per heavy atom. The Morgan fingerprint density at radius 2 is 1.76 bits per heavy atom. The predicted octanol–water partition coefficient (Wildman–Crippen LogP) is 5.07. The highest BCUT2D eigenvalue weighted by molar-refractivity contribution is 7.80. The van der Waals surface area contributed by atoms with Gasteiger partial charge in [-0.05, 0) is 85.4 Å². The van der Waals surface area contributed by atoms with Crippen LogP contribution in [0.1, 0.15) is 15.9 Å². The number of rotatable bonds is 3. The molecule has 29 heavy (non-hydrogen) atoms. The smallest absolute Gasteiger partial charge is 0.257 e. The van der Waals surface area contributed by atoms with Crippen LogP contribution in [-0.4, -0.2) is 16.0 Å². The molecule has 0 spiro atoms. The van der Waals surface area contributed by atoms with E-state index in [0.29, 0.717) is 17.1 Å². The fourth-order valence-electron chi connectivity index (χ4n) is 2.79. The van der Waals surface area contributed by atoms with Gasteiger partial charge in [0.1, 0.15) is 11.3 Å². The lowest BCUT2D eigenvalue weighted by molar-refractivity contribution is 0.0977. The third-order valence-corrected chi connectivity index (χ3v) is 4.47. The number of fused-ring (bicyclic) bond motifs is 1. The molecule has 0 atom stereocenters. The first-order valence-corrected chi connectivity index (χ1v) is 9.24. The summed E-state index contributed by atoms with van der Waals surface area (Å²) in [7, 11) is 0. The van der Waals surface area contributed by atoms with Gasteiger partial charge in [-0.1, -0.05) is 6.07 Å². The maximum absolute atomic E-state index is 13.0. The van der Waals surface area contributed by atoms with Gasteiger partial charge in [0.2, 0.25) is 5.89 Å². The summed E-state index contributed by atoms with van der Waals surface area (Å²) in [4.78, 5) is 16.6. The minimum absolute atomic E-state index is 0.143. The van der Waals surface area contributed by atoms with Gasteiger partial charge in [0.25, 0.3) is 5.91 Å². The minimum Gasteiger partial charge on any atom is -0.436 e. The fraction of sp³-hybridized carbons (Fsp3) is 0.0455. The number of thiocarbonyl (C=S) groups is 1. The van der Waals surface area contributed by atoms with Crippen LogP contribution in [0.25, 0.3) is 22.6 Å². The predicted molar refractivity (Wildman–Crippen MR) is 114 cm³/mol. The van der Waals surface area contributed by atoms with Crippen molar-refractivity contribution in [2.75, 3.05) is 5.32 Å². The molecule has 0 fully saturated rings. The van der Waals surface area contributed by atoms with Crippen molar-refractivity contribution < 1.29 is 13.6 Å². The first-order chi connectivity index (χ1) is 14.0. The van der Waals surface area contributed by atoms with E-state index >= 15 is 0 Å². The summed E-state index contributed by atoms with van der Waals surface area (Å²) in [5, 5.41) is 5.65. The van der Waals surface area contributed by atoms with Gasteiger partial charge < -0.3 is 9.73 Å². The largest absolute Gasteiger partial charge is 0.436 e. The number of aromatic nitrogens is 1. The second kappa shape index (κ2) is 7.81. The molecule has 0 radical (unpaired) electrons. The highest BCUT2D eigenvalue weighted by atomic mass is 32.1. The molecule has 0 bridgehead atoms. The summed E-state index contributed by atoms with van der Waals surface area (Å²) < 4.78 is 18.8. The molecule has 4 aromatic rings. The van der Waals surface area contributed by atoms with Crippen LogP contribution in [0.2, 0.25) is 0 Å². The van der Waals surface area contributed by atoms with Gasteiger partial charge in [-0.2, -0.15) is 0 Å². The number of hydrogen-bond donors (Lipinski definition) is 2. The van der Waals surface area contributed by atoms with E-state index in [9.17, 15) is 9.18 Å². The van der Waals surface area contributed by atoms with Gasteiger partial charge in [0, 0.05) is 16.8 Å². The van der Waals surface area contributed by atoms with Crippen molar-refractivity contribution in [1.29, 1.82) is 0 Å². The van der Waals surface area contributed by atoms with Crippen molar-refractivity contribution in [3.05, 3.63) is 83.7 Å². The standard InChI is InChI=1S/C22H16FN3O2S/c1-13-2-11-18-19(12-13)28-21(25-18)15-5-9-17(10-6-15)24-22(29)26-20(27)14-3-7-16(23)8-4-14/h2-12H,1H3,(H2,24,26,27,29). The number of carbonyl (C=O) groups excluding carboxylic acids is 1. The number of oxazole rings is 1. The molecular weight excluding hydrogens is 389 g/mol. The number of anilines is 1. The molecule has 1 heterocycles. The number of nitrogens with zero attached hydrogens (tertiary/aromatic N) is 1. The molecule has 0 aliphatic carbocycles. The van der Waals surface area contributed by atoms with Crippen molar-refractivity contribution in [2.45, 2.75) is 6.92 Å². The Labute approximate surface area is 171 Å². The van der Waals surface area contributed by atoms with Gasteiger partial charge in [0.15, 0.2) is 10.7 Å². The molecule has 3 aromatic carbocycles. The Bertz CT molecular complexity index is 1200. The minimum atomic E-state index is -0.416. The van der Waals surface area contributed by atoms with Crippen molar-refractivity contribution in [2.24, 2.45) is 0 Å². The molecule has 7 heteroatoms. The Balaban J connectivity index is 1.42. The maximum Gasteiger partial charge on any atom is 0.257 e. The molecule has 0 aliphatic rings. The topological polar surface area (TPSA) is 67.2 Å². The van der Waals surface area contributed by atoms with Crippen molar-refractivity contribution in [3.8, 4) is 11.5 Å². The zero-order valence-electron chi connectivity index (χ0n) is 15.4. The lowest BCUT2D eigenvalue weighted by Crippen LogP contribution is -2.34. The maximum atomic E-state index is 13.0. The molecule has 4 rings (SSSR count). The summed E-state index contributed by atoms with van der Waals surface area (Å²) in [5.41, 5.74) is 4.49. The second-order valence-electron chi connectivity index (χ2n) is 6.48. The van der Waals surface area contributed by atoms with Crippen molar-refractivity contribution >= 4 is 40.0 Å². The average molecular weight is 405 g/mol. The molecule has 0 saturated carbocycles. The number of benzene rings is 3. The van der Waals surface area contributed by atoms with Gasteiger partial charge in [-0.15, -0.1) is 0 Å². The van der Waals surface area contributed by atoms with Gasteiger partial charge in [-0.25, -0.2) is 9.37 Å². The lowest BCUT2D eigenvalue weighted by Gasteiger charge is -2.10. The van der Waals surface area contributed by atoms with Crippen molar-refractivity contribution in [3.63, 3.8) is 0 Å². The average Bonchev–Trinajstić information content (AvgIpc) is 3.12. The van der Waals surface area contributed by atoms with E-state index in [1.54, 1.807) is 0 Å². The van der Waals surface area contributed by atoms with E-state index in [-0.39, 0.29) is 5.11 Å². The molecule has 0 aliphatic heterocycles. The molecule has 2 N–H and O–H groups in total.